The van der Waals surface area contributed by atoms with E-state index in [9.17, 15) is 10.2 Å². The third-order valence-corrected chi connectivity index (χ3v) is 8.82. The smallest absolute Gasteiger partial charge is 0.165 e. The molecule has 3 N–H and O–H groups in total. The van der Waals surface area contributed by atoms with Crippen LogP contribution in [0, 0.1) is 11.3 Å². The monoisotopic (exact) mass is 357 g/mol. The van der Waals surface area contributed by atoms with Gasteiger partial charge in [0.15, 0.2) is 11.5 Å². The van der Waals surface area contributed by atoms with Crippen LogP contribution in [0.4, 0.5) is 0 Å². The molecule has 2 heterocycles. The summed E-state index contributed by atoms with van der Waals surface area (Å²) in [5.41, 5.74) is 2.05. The summed E-state index contributed by atoms with van der Waals surface area (Å²) in [5.74, 6) is 0.991. The van der Waals surface area contributed by atoms with Gasteiger partial charge in [0.05, 0.1) is 6.10 Å². The number of methoxy groups -OCH3 is 1. The molecule has 7 atom stereocenters. The minimum Gasteiger partial charge on any atom is -0.504 e. The lowest BCUT2D eigenvalue weighted by Crippen LogP contribution is -2.81. The summed E-state index contributed by atoms with van der Waals surface area (Å²) in [7, 11) is 1.78. The number of aliphatic hydroxyl groups is 1. The molecule has 7 unspecified atom stereocenters. The van der Waals surface area contributed by atoms with E-state index in [4.69, 9.17) is 9.47 Å². The first-order valence-electron chi connectivity index (χ1n) is 9.99. The number of hydrogen-bond donors (Lipinski definition) is 3. The van der Waals surface area contributed by atoms with Crippen LogP contribution in [0.25, 0.3) is 0 Å². The summed E-state index contributed by atoms with van der Waals surface area (Å²) < 4.78 is 12.8. The van der Waals surface area contributed by atoms with Gasteiger partial charge < -0.3 is 25.0 Å². The molecule has 3 saturated carbocycles. The predicted octanol–water partition coefficient (Wildman–Crippen LogP) is 1.88. The fourth-order valence-corrected chi connectivity index (χ4v) is 7.97. The molecule has 1 saturated heterocycles. The Bertz CT molecular complexity index is 809. The van der Waals surface area contributed by atoms with E-state index >= 15 is 0 Å². The van der Waals surface area contributed by atoms with Crippen LogP contribution in [-0.4, -0.2) is 47.7 Å². The van der Waals surface area contributed by atoms with Crippen LogP contribution < -0.4 is 10.1 Å². The normalized spacial score (nSPS) is 48.0. The quantitative estimate of drug-likeness (QED) is 0.754. The second-order valence-electron chi connectivity index (χ2n) is 9.24. The van der Waals surface area contributed by atoms with Crippen LogP contribution in [0.15, 0.2) is 12.1 Å². The first kappa shape index (κ1) is 15.7. The highest BCUT2D eigenvalue weighted by atomic mass is 16.6. The second kappa shape index (κ2) is 4.57. The molecule has 2 aliphatic heterocycles. The van der Waals surface area contributed by atoms with E-state index in [-0.39, 0.29) is 28.6 Å². The summed E-state index contributed by atoms with van der Waals surface area (Å²) in [4.78, 5) is 0. The number of hydrogen-bond acceptors (Lipinski definition) is 5. The second-order valence-corrected chi connectivity index (χ2v) is 9.24. The summed E-state index contributed by atoms with van der Waals surface area (Å²) in [6.45, 7) is 2.87. The Labute approximate surface area is 153 Å². The Morgan fingerprint density at radius 2 is 2.15 bits per heavy atom. The van der Waals surface area contributed by atoms with Crippen LogP contribution in [0.1, 0.15) is 43.7 Å². The Hall–Kier alpha value is -1.30. The van der Waals surface area contributed by atoms with Gasteiger partial charge in [-0.25, -0.2) is 0 Å². The van der Waals surface area contributed by atoms with E-state index in [1.54, 1.807) is 13.2 Å². The number of nitrogens with one attached hydrogen (secondary N) is 1. The van der Waals surface area contributed by atoms with Crippen LogP contribution in [0.3, 0.4) is 0 Å². The highest BCUT2D eigenvalue weighted by Gasteiger charge is 2.80. The number of aliphatic hydroxyl groups excluding tert-OH is 1. The number of benzene rings is 1. The number of ether oxygens (including phenoxy) is 2. The fraction of sp³-hybridized carbons (Fsp3) is 0.714. The number of phenolic OH excluding ortho intramolecular Hbond substituents is 1. The molecule has 1 aromatic carbocycles. The van der Waals surface area contributed by atoms with Gasteiger partial charge in [0, 0.05) is 35.5 Å². The number of fused-ring (bicyclic) bond motifs is 2. The number of phenols is 1. The van der Waals surface area contributed by atoms with Crippen molar-refractivity contribution in [2.75, 3.05) is 13.7 Å². The highest BCUT2D eigenvalue weighted by Crippen LogP contribution is 2.75. The van der Waals surface area contributed by atoms with Gasteiger partial charge in [-0.05, 0) is 57.2 Å². The van der Waals surface area contributed by atoms with Gasteiger partial charge >= 0.3 is 0 Å². The zero-order valence-corrected chi connectivity index (χ0v) is 15.4. The van der Waals surface area contributed by atoms with Gasteiger partial charge in [0.25, 0.3) is 0 Å². The van der Waals surface area contributed by atoms with Crippen molar-refractivity contribution in [1.29, 1.82) is 0 Å². The van der Waals surface area contributed by atoms with Crippen molar-refractivity contribution < 1.29 is 19.7 Å². The average molecular weight is 357 g/mol. The molecule has 26 heavy (non-hydrogen) atoms. The molecule has 4 bridgehead atoms. The topological polar surface area (TPSA) is 71.0 Å². The summed E-state index contributed by atoms with van der Waals surface area (Å²) in [6.07, 6.45) is 4.39. The van der Waals surface area contributed by atoms with Gasteiger partial charge in [-0.2, -0.15) is 0 Å². The minimum atomic E-state index is -0.488. The summed E-state index contributed by atoms with van der Waals surface area (Å²) in [6, 6.07) is 4.27. The number of piperidine rings is 1. The van der Waals surface area contributed by atoms with Gasteiger partial charge in [0.1, 0.15) is 11.7 Å². The van der Waals surface area contributed by atoms with Gasteiger partial charge in [0.2, 0.25) is 0 Å². The zero-order chi connectivity index (χ0) is 17.9. The SMILES string of the molecule is COC12CCC3(CC1C(C)O)C1Cc4ccc(O)c5c4C3(CCN1)C2O5. The maximum Gasteiger partial charge on any atom is 0.165 e. The Kier molecular flexibility index (Phi) is 2.76. The molecule has 0 aromatic heterocycles. The molecule has 5 nitrogen and oxygen atoms in total. The van der Waals surface area contributed by atoms with E-state index < -0.39 is 11.7 Å². The molecule has 4 aliphatic carbocycles. The van der Waals surface area contributed by atoms with Crippen molar-refractivity contribution in [3.63, 3.8) is 0 Å². The summed E-state index contributed by atoms with van der Waals surface area (Å²) in [5, 5.41) is 25.1. The molecular weight excluding hydrogens is 330 g/mol. The maximum atomic E-state index is 10.7. The van der Waals surface area contributed by atoms with Crippen molar-refractivity contribution in [2.45, 2.75) is 68.3 Å². The number of rotatable bonds is 2. The van der Waals surface area contributed by atoms with E-state index in [1.807, 2.05) is 6.92 Å². The van der Waals surface area contributed by atoms with E-state index in [0.717, 1.165) is 38.6 Å². The van der Waals surface area contributed by atoms with Crippen molar-refractivity contribution in [3.8, 4) is 11.5 Å². The first-order chi connectivity index (χ1) is 12.5. The van der Waals surface area contributed by atoms with Gasteiger partial charge in [-0.15, -0.1) is 0 Å². The lowest BCUT2D eigenvalue weighted by Gasteiger charge is -2.72. The minimum absolute atomic E-state index is 0.0554. The van der Waals surface area contributed by atoms with Crippen molar-refractivity contribution >= 4 is 0 Å². The van der Waals surface area contributed by atoms with Gasteiger partial charge in [-0.1, -0.05) is 6.07 Å². The molecule has 140 valence electrons. The Morgan fingerprint density at radius 1 is 1.31 bits per heavy atom. The average Bonchev–Trinajstić information content (AvgIpc) is 2.99. The van der Waals surface area contributed by atoms with Crippen LogP contribution in [-0.2, 0) is 16.6 Å². The Morgan fingerprint density at radius 3 is 2.92 bits per heavy atom. The fourth-order valence-electron chi connectivity index (χ4n) is 7.97. The third-order valence-electron chi connectivity index (χ3n) is 8.82. The molecule has 1 aromatic rings. The van der Waals surface area contributed by atoms with E-state index in [2.05, 4.69) is 11.4 Å². The molecule has 6 aliphatic rings. The summed E-state index contributed by atoms with van der Waals surface area (Å²) >= 11 is 0. The van der Waals surface area contributed by atoms with E-state index in [1.165, 1.54) is 11.1 Å². The molecule has 4 fully saturated rings. The standard InChI is InChI=1S/C21H27NO4/c1-11(23)13-10-19-5-6-21(13,25-2)18-20(19)7-8-22-15(19)9-12-3-4-14(24)17(26-18)16(12)20/h3-4,11,13,15,18,22-24H,5-10H2,1-2H3. The molecule has 0 radical (unpaired) electrons. The Balaban J connectivity index is 1.69. The molecular formula is C21H27NO4. The molecule has 2 spiro atoms. The van der Waals surface area contributed by atoms with E-state index in [0.29, 0.717) is 11.8 Å². The van der Waals surface area contributed by atoms with Crippen molar-refractivity contribution in [3.05, 3.63) is 23.3 Å². The number of aromatic hydroxyl groups is 1. The lowest BCUT2D eigenvalue weighted by atomic mass is 9.34. The van der Waals surface area contributed by atoms with Crippen molar-refractivity contribution in [1.82, 2.24) is 5.32 Å². The third kappa shape index (κ3) is 1.36. The highest BCUT2D eigenvalue weighted by molar-refractivity contribution is 5.63. The van der Waals surface area contributed by atoms with Gasteiger partial charge in [-0.3, -0.25) is 0 Å². The molecule has 7 rings (SSSR count). The van der Waals surface area contributed by atoms with Crippen LogP contribution >= 0.6 is 0 Å². The predicted molar refractivity (Wildman–Crippen MR) is 95.5 cm³/mol. The first-order valence-corrected chi connectivity index (χ1v) is 9.99. The molecule has 0 amide bonds. The maximum absolute atomic E-state index is 10.7. The van der Waals surface area contributed by atoms with Crippen LogP contribution in [0.5, 0.6) is 11.5 Å². The largest absolute Gasteiger partial charge is 0.504 e. The van der Waals surface area contributed by atoms with Crippen LogP contribution in [0.2, 0.25) is 0 Å². The molecule has 5 heteroatoms. The zero-order valence-electron chi connectivity index (χ0n) is 15.4. The lowest BCUT2D eigenvalue weighted by molar-refractivity contribution is -0.276. The van der Waals surface area contributed by atoms with Crippen molar-refractivity contribution in [2.24, 2.45) is 11.3 Å².